The van der Waals surface area contributed by atoms with E-state index in [9.17, 15) is 4.79 Å². The summed E-state index contributed by atoms with van der Waals surface area (Å²) in [4.78, 5) is 12.9. The summed E-state index contributed by atoms with van der Waals surface area (Å²) in [5.41, 5.74) is 2.28. The van der Waals surface area contributed by atoms with E-state index in [-0.39, 0.29) is 11.9 Å². The fourth-order valence-corrected chi connectivity index (χ4v) is 3.01. The van der Waals surface area contributed by atoms with Crippen LogP contribution in [0, 0.1) is 0 Å². The lowest BCUT2D eigenvalue weighted by atomic mass is 10.1. The first-order valence-corrected chi connectivity index (χ1v) is 9.56. The minimum atomic E-state index is -0.184. The molecule has 1 N–H and O–H groups in total. The molecule has 8 nitrogen and oxygen atoms in total. The number of hydrogen-bond donors (Lipinski definition) is 1. The number of aromatic nitrogens is 4. The molecule has 2 aromatic heterocycles. The molecule has 0 spiro atoms. The van der Waals surface area contributed by atoms with Crippen molar-refractivity contribution in [2.75, 3.05) is 13.7 Å². The maximum atomic E-state index is 12.9. The molecule has 0 bridgehead atoms. The van der Waals surface area contributed by atoms with Crippen LogP contribution >= 0.6 is 0 Å². The molecule has 0 aliphatic carbocycles. The number of ether oxygens (including phenoxy) is 2. The van der Waals surface area contributed by atoms with Gasteiger partial charge in [0.15, 0.2) is 5.82 Å². The number of rotatable bonds is 8. The maximum Gasteiger partial charge on any atom is 0.255 e. The largest absolute Gasteiger partial charge is 0.494 e. The molecule has 1 amide bonds. The average molecular weight is 395 g/mol. The Morgan fingerprint density at radius 1 is 1.14 bits per heavy atom. The standard InChI is InChI=1S/C21H25N5O3/c1-5-18-17(13-22-26(18)19-11-12-20(28-4)25-24-19)21(27)23-14(3)15-7-9-16(10-8-15)29-6-2/h7-14H,5-6H2,1-4H3,(H,23,27)/t14-/m0/s1. The molecule has 0 saturated carbocycles. The monoisotopic (exact) mass is 395 g/mol. The lowest BCUT2D eigenvalue weighted by Gasteiger charge is -2.15. The van der Waals surface area contributed by atoms with Crippen molar-refractivity contribution in [2.45, 2.75) is 33.2 Å². The van der Waals surface area contributed by atoms with E-state index in [1.165, 1.54) is 7.11 Å². The molecule has 0 unspecified atom stereocenters. The van der Waals surface area contributed by atoms with Gasteiger partial charge in [-0.15, -0.1) is 10.2 Å². The molecule has 0 saturated heterocycles. The Morgan fingerprint density at radius 2 is 1.90 bits per heavy atom. The Hall–Kier alpha value is -3.42. The number of methoxy groups -OCH3 is 1. The van der Waals surface area contributed by atoms with Crippen LogP contribution in [-0.4, -0.2) is 39.6 Å². The van der Waals surface area contributed by atoms with Gasteiger partial charge in [0.25, 0.3) is 5.91 Å². The summed E-state index contributed by atoms with van der Waals surface area (Å²) in [6, 6.07) is 11.0. The Bertz CT molecular complexity index is 951. The lowest BCUT2D eigenvalue weighted by Crippen LogP contribution is -2.27. The number of nitrogens with zero attached hydrogens (tertiary/aromatic N) is 4. The molecule has 1 aromatic carbocycles. The van der Waals surface area contributed by atoms with Crippen molar-refractivity contribution < 1.29 is 14.3 Å². The first kappa shape index (κ1) is 20.3. The first-order chi connectivity index (χ1) is 14.1. The summed E-state index contributed by atoms with van der Waals surface area (Å²) in [6.07, 6.45) is 2.18. The van der Waals surface area contributed by atoms with Crippen LogP contribution in [-0.2, 0) is 6.42 Å². The SMILES string of the molecule is CCOc1ccc([C@H](C)NC(=O)c2cnn(-c3ccc(OC)nn3)c2CC)cc1. The average Bonchev–Trinajstić information content (AvgIpc) is 3.18. The van der Waals surface area contributed by atoms with Crippen molar-refractivity contribution in [2.24, 2.45) is 0 Å². The Labute approximate surface area is 169 Å². The molecule has 0 aliphatic heterocycles. The zero-order valence-corrected chi connectivity index (χ0v) is 17.0. The molecule has 29 heavy (non-hydrogen) atoms. The van der Waals surface area contributed by atoms with Crippen molar-refractivity contribution >= 4 is 5.91 Å². The first-order valence-electron chi connectivity index (χ1n) is 9.56. The highest BCUT2D eigenvalue weighted by Gasteiger charge is 2.20. The van der Waals surface area contributed by atoms with Crippen LogP contribution in [0.1, 0.15) is 48.4 Å². The second-order valence-electron chi connectivity index (χ2n) is 6.40. The second-order valence-corrected chi connectivity index (χ2v) is 6.40. The molecule has 8 heteroatoms. The Balaban J connectivity index is 1.77. The van der Waals surface area contributed by atoms with Gasteiger partial charge in [-0.3, -0.25) is 4.79 Å². The van der Waals surface area contributed by atoms with Crippen molar-refractivity contribution in [1.29, 1.82) is 0 Å². The Kier molecular flexibility index (Phi) is 6.43. The molecular weight excluding hydrogens is 370 g/mol. The summed E-state index contributed by atoms with van der Waals surface area (Å²) in [6.45, 7) is 6.48. The Morgan fingerprint density at radius 3 is 2.48 bits per heavy atom. The van der Waals surface area contributed by atoms with E-state index in [0.29, 0.717) is 30.3 Å². The van der Waals surface area contributed by atoms with Crippen LogP contribution in [0.5, 0.6) is 11.6 Å². The van der Waals surface area contributed by atoms with Crippen LogP contribution in [0.2, 0.25) is 0 Å². The van der Waals surface area contributed by atoms with Gasteiger partial charge in [0.1, 0.15) is 5.75 Å². The lowest BCUT2D eigenvalue weighted by molar-refractivity contribution is 0.0939. The minimum Gasteiger partial charge on any atom is -0.494 e. The van der Waals surface area contributed by atoms with Crippen LogP contribution < -0.4 is 14.8 Å². The van der Waals surface area contributed by atoms with E-state index in [2.05, 4.69) is 20.6 Å². The summed E-state index contributed by atoms with van der Waals surface area (Å²) in [5, 5.41) is 15.5. The van der Waals surface area contributed by atoms with Gasteiger partial charge in [0.2, 0.25) is 5.88 Å². The van der Waals surface area contributed by atoms with Crippen LogP contribution in [0.25, 0.3) is 5.82 Å². The molecule has 0 aliphatic rings. The highest BCUT2D eigenvalue weighted by atomic mass is 16.5. The predicted octanol–water partition coefficient (Wildman–Crippen LogP) is 3.12. The van der Waals surface area contributed by atoms with Crippen LogP contribution in [0.15, 0.2) is 42.6 Å². The highest BCUT2D eigenvalue weighted by molar-refractivity contribution is 5.95. The van der Waals surface area contributed by atoms with Crippen molar-refractivity contribution in [1.82, 2.24) is 25.3 Å². The van der Waals surface area contributed by atoms with E-state index in [1.807, 2.05) is 45.0 Å². The van der Waals surface area contributed by atoms with E-state index >= 15 is 0 Å². The molecule has 1 atom stereocenters. The smallest absolute Gasteiger partial charge is 0.255 e. The van der Waals surface area contributed by atoms with Crippen LogP contribution in [0.3, 0.4) is 0 Å². The molecule has 0 fully saturated rings. The molecule has 2 heterocycles. The van der Waals surface area contributed by atoms with Gasteiger partial charge >= 0.3 is 0 Å². The van der Waals surface area contributed by atoms with Gasteiger partial charge < -0.3 is 14.8 Å². The van der Waals surface area contributed by atoms with Crippen molar-refractivity contribution in [3.8, 4) is 17.4 Å². The number of nitrogens with one attached hydrogen (secondary N) is 1. The summed E-state index contributed by atoms with van der Waals surface area (Å²) in [5.74, 6) is 1.57. The topological polar surface area (TPSA) is 91.2 Å². The third-order valence-corrected chi connectivity index (χ3v) is 4.54. The fourth-order valence-electron chi connectivity index (χ4n) is 3.01. The maximum absolute atomic E-state index is 12.9. The number of amides is 1. The third-order valence-electron chi connectivity index (χ3n) is 4.54. The van der Waals surface area contributed by atoms with Crippen molar-refractivity contribution in [3.63, 3.8) is 0 Å². The number of benzene rings is 1. The number of hydrogen-bond acceptors (Lipinski definition) is 6. The molecule has 3 rings (SSSR count). The van der Waals surface area contributed by atoms with Gasteiger partial charge in [0, 0.05) is 6.07 Å². The van der Waals surface area contributed by atoms with E-state index in [0.717, 1.165) is 17.0 Å². The zero-order chi connectivity index (χ0) is 20.8. The van der Waals surface area contributed by atoms with Crippen molar-refractivity contribution in [3.05, 3.63) is 59.4 Å². The number of carbonyl (C=O) groups excluding carboxylic acids is 1. The number of carbonyl (C=O) groups is 1. The van der Waals surface area contributed by atoms with Gasteiger partial charge in [-0.25, -0.2) is 4.68 Å². The summed E-state index contributed by atoms with van der Waals surface area (Å²) >= 11 is 0. The fraction of sp³-hybridized carbons (Fsp3) is 0.333. The van der Waals surface area contributed by atoms with Gasteiger partial charge in [-0.1, -0.05) is 19.1 Å². The predicted molar refractivity (Wildman–Crippen MR) is 109 cm³/mol. The molecule has 0 radical (unpaired) electrons. The van der Waals surface area contributed by atoms with Gasteiger partial charge in [0.05, 0.1) is 37.2 Å². The van der Waals surface area contributed by atoms with Gasteiger partial charge in [-0.05, 0) is 44.0 Å². The normalized spacial score (nSPS) is 11.7. The quantitative estimate of drug-likeness (QED) is 0.630. The third kappa shape index (κ3) is 4.53. The van der Waals surface area contributed by atoms with Crippen LogP contribution in [0.4, 0.5) is 0 Å². The molecule has 3 aromatic rings. The minimum absolute atomic E-state index is 0.160. The molecular formula is C21H25N5O3. The van der Waals surface area contributed by atoms with E-state index < -0.39 is 0 Å². The highest BCUT2D eigenvalue weighted by Crippen LogP contribution is 2.20. The summed E-state index contributed by atoms with van der Waals surface area (Å²) < 4.78 is 12.1. The summed E-state index contributed by atoms with van der Waals surface area (Å²) in [7, 11) is 1.53. The van der Waals surface area contributed by atoms with E-state index in [1.54, 1.807) is 23.0 Å². The van der Waals surface area contributed by atoms with E-state index in [4.69, 9.17) is 9.47 Å². The second kappa shape index (κ2) is 9.18. The molecule has 152 valence electrons. The van der Waals surface area contributed by atoms with Gasteiger partial charge in [-0.2, -0.15) is 5.10 Å². The zero-order valence-electron chi connectivity index (χ0n) is 17.0.